The standard InChI is InChI=1S/C26H27N3O3/c1-15(2)12-28-13-18-23(17-8-5-6-11-22(17)32-4)25-20(14-29(16(3)30)26(25)31)27-19-9-7-10-21(28)24(18)19/h5-11,13,15,23,27H,12,14H2,1-4H3/t23-/m1/s1. The van der Waals surface area contributed by atoms with Crippen LogP contribution in [0.3, 0.4) is 0 Å². The molecule has 0 fully saturated rings. The molecule has 2 aliphatic heterocycles. The van der Waals surface area contributed by atoms with Crippen molar-refractivity contribution in [2.24, 2.45) is 5.92 Å². The molecule has 164 valence electrons. The largest absolute Gasteiger partial charge is 0.496 e. The van der Waals surface area contributed by atoms with Crippen molar-refractivity contribution in [3.63, 3.8) is 0 Å². The first kappa shape index (κ1) is 20.4. The van der Waals surface area contributed by atoms with Crippen molar-refractivity contribution in [3.8, 4) is 5.75 Å². The second kappa shape index (κ2) is 7.55. The molecule has 6 nitrogen and oxygen atoms in total. The lowest BCUT2D eigenvalue weighted by atomic mass is 9.84. The number of methoxy groups -OCH3 is 1. The van der Waals surface area contributed by atoms with Crippen molar-refractivity contribution in [1.29, 1.82) is 0 Å². The van der Waals surface area contributed by atoms with Gasteiger partial charge in [-0.15, -0.1) is 0 Å². The fraction of sp³-hybridized carbons (Fsp3) is 0.308. The lowest BCUT2D eigenvalue weighted by Gasteiger charge is -2.21. The van der Waals surface area contributed by atoms with Gasteiger partial charge >= 0.3 is 0 Å². The molecule has 0 unspecified atom stereocenters. The van der Waals surface area contributed by atoms with Gasteiger partial charge in [0.2, 0.25) is 5.91 Å². The Balaban J connectivity index is 1.82. The first-order chi connectivity index (χ1) is 15.4. The number of para-hydroxylation sites is 1. The van der Waals surface area contributed by atoms with Crippen molar-refractivity contribution < 1.29 is 14.3 Å². The lowest BCUT2D eigenvalue weighted by molar-refractivity contribution is -0.139. The molecule has 2 aliphatic rings. The summed E-state index contributed by atoms with van der Waals surface area (Å²) in [5.74, 6) is 0.361. The maximum atomic E-state index is 13.5. The molecule has 0 saturated heterocycles. The van der Waals surface area contributed by atoms with Crippen LogP contribution in [0.25, 0.3) is 10.9 Å². The third-order valence-corrected chi connectivity index (χ3v) is 6.33. The highest BCUT2D eigenvalue weighted by molar-refractivity contribution is 6.11. The number of anilines is 1. The van der Waals surface area contributed by atoms with Gasteiger partial charge in [-0.3, -0.25) is 14.5 Å². The molecule has 3 heterocycles. The van der Waals surface area contributed by atoms with Crippen LogP contribution in [0.2, 0.25) is 0 Å². The van der Waals surface area contributed by atoms with Gasteiger partial charge in [0.25, 0.3) is 5.91 Å². The van der Waals surface area contributed by atoms with Gasteiger partial charge in [0.15, 0.2) is 0 Å². The monoisotopic (exact) mass is 429 g/mol. The van der Waals surface area contributed by atoms with E-state index in [1.165, 1.54) is 11.8 Å². The molecule has 32 heavy (non-hydrogen) atoms. The van der Waals surface area contributed by atoms with Crippen LogP contribution in [0.5, 0.6) is 5.75 Å². The van der Waals surface area contributed by atoms with Gasteiger partial charge in [0.1, 0.15) is 5.75 Å². The summed E-state index contributed by atoms with van der Waals surface area (Å²) in [7, 11) is 1.65. The average Bonchev–Trinajstić information content (AvgIpc) is 3.23. The highest BCUT2D eigenvalue weighted by atomic mass is 16.5. The van der Waals surface area contributed by atoms with Gasteiger partial charge in [-0.2, -0.15) is 0 Å². The van der Waals surface area contributed by atoms with E-state index in [1.54, 1.807) is 7.11 Å². The van der Waals surface area contributed by atoms with Crippen LogP contribution in [0.1, 0.15) is 37.8 Å². The van der Waals surface area contributed by atoms with Crippen molar-refractivity contribution in [2.45, 2.75) is 33.2 Å². The van der Waals surface area contributed by atoms with E-state index in [-0.39, 0.29) is 24.3 Å². The minimum atomic E-state index is -0.343. The second-order valence-corrected chi connectivity index (χ2v) is 8.93. The fourth-order valence-corrected chi connectivity index (χ4v) is 5.05. The van der Waals surface area contributed by atoms with Gasteiger partial charge in [-0.1, -0.05) is 38.1 Å². The zero-order valence-corrected chi connectivity index (χ0v) is 18.8. The highest BCUT2D eigenvalue weighted by Gasteiger charge is 2.42. The molecule has 2 aromatic carbocycles. The van der Waals surface area contributed by atoms with E-state index in [4.69, 9.17) is 4.74 Å². The second-order valence-electron chi connectivity index (χ2n) is 8.93. The molecule has 0 spiro atoms. The maximum Gasteiger partial charge on any atom is 0.259 e. The van der Waals surface area contributed by atoms with Crippen LogP contribution >= 0.6 is 0 Å². The summed E-state index contributed by atoms with van der Waals surface area (Å²) in [6.45, 7) is 6.96. The normalized spacial score (nSPS) is 17.6. The van der Waals surface area contributed by atoms with E-state index in [2.05, 4.69) is 36.0 Å². The number of ether oxygens (including phenoxy) is 1. The Kier molecular flexibility index (Phi) is 4.81. The number of rotatable bonds is 4. The summed E-state index contributed by atoms with van der Waals surface area (Å²) >= 11 is 0. The molecule has 1 N–H and O–H groups in total. The minimum absolute atomic E-state index is 0.242. The molecule has 0 aliphatic carbocycles. The number of carbonyl (C=O) groups is 2. The van der Waals surface area contributed by atoms with Crippen LogP contribution in [0, 0.1) is 5.92 Å². The summed E-state index contributed by atoms with van der Waals surface area (Å²) in [6.07, 6.45) is 2.17. The zero-order valence-electron chi connectivity index (χ0n) is 18.8. The number of benzene rings is 2. The molecule has 0 radical (unpaired) electrons. The third-order valence-electron chi connectivity index (χ3n) is 6.33. The van der Waals surface area contributed by atoms with Crippen LogP contribution < -0.4 is 10.1 Å². The van der Waals surface area contributed by atoms with Gasteiger partial charge in [-0.25, -0.2) is 0 Å². The topological polar surface area (TPSA) is 63.6 Å². The lowest BCUT2D eigenvalue weighted by Crippen LogP contribution is -2.33. The van der Waals surface area contributed by atoms with E-state index in [0.29, 0.717) is 11.5 Å². The first-order valence-electron chi connectivity index (χ1n) is 11.0. The molecule has 3 aromatic rings. The molecule has 1 aromatic heterocycles. The Labute approximate surface area is 187 Å². The third kappa shape index (κ3) is 3.01. The molecular weight excluding hydrogens is 402 g/mol. The zero-order chi connectivity index (χ0) is 22.6. The van der Waals surface area contributed by atoms with Crippen LogP contribution in [-0.4, -0.2) is 34.9 Å². The molecule has 0 bridgehead atoms. The fourth-order valence-electron chi connectivity index (χ4n) is 5.05. The number of hydrogen-bond donors (Lipinski definition) is 1. The Morgan fingerprint density at radius 3 is 2.66 bits per heavy atom. The average molecular weight is 430 g/mol. The van der Waals surface area contributed by atoms with E-state index in [1.807, 2.05) is 36.4 Å². The minimum Gasteiger partial charge on any atom is -0.496 e. The maximum absolute atomic E-state index is 13.5. The first-order valence-corrected chi connectivity index (χ1v) is 11.0. The SMILES string of the molecule is COc1ccccc1[C@H]1C2=C(CN(C(C)=O)C2=O)Nc2cccc3c2c1cn3CC(C)C. The Bertz CT molecular complexity index is 1280. The van der Waals surface area contributed by atoms with Crippen LogP contribution in [0.15, 0.2) is 59.9 Å². The van der Waals surface area contributed by atoms with Crippen molar-refractivity contribution in [3.05, 3.63) is 71.1 Å². The number of imide groups is 1. The van der Waals surface area contributed by atoms with E-state index >= 15 is 0 Å². The number of nitrogens with zero attached hydrogens (tertiary/aromatic N) is 2. The number of carbonyl (C=O) groups excluding carboxylic acids is 2. The smallest absolute Gasteiger partial charge is 0.259 e. The number of hydrogen-bond acceptors (Lipinski definition) is 4. The number of aromatic nitrogens is 1. The number of amides is 2. The van der Waals surface area contributed by atoms with Gasteiger partial charge in [-0.05, 0) is 29.7 Å². The summed E-state index contributed by atoms with van der Waals surface area (Å²) in [5, 5.41) is 4.63. The molecular formula is C26H27N3O3. The summed E-state index contributed by atoms with van der Waals surface area (Å²) in [5.41, 5.74) is 5.46. The van der Waals surface area contributed by atoms with Crippen LogP contribution in [-0.2, 0) is 16.1 Å². The van der Waals surface area contributed by atoms with E-state index < -0.39 is 0 Å². The Morgan fingerprint density at radius 1 is 1.16 bits per heavy atom. The molecule has 1 atom stereocenters. The Hall–Kier alpha value is -3.54. The van der Waals surface area contributed by atoms with E-state index in [9.17, 15) is 9.59 Å². The quantitative estimate of drug-likeness (QED) is 0.663. The summed E-state index contributed by atoms with van der Waals surface area (Å²) in [4.78, 5) is 27.1. The molecule has 0 saturated carbocycles. The van der Waals surface area contributed by atoms with E-state index in [0.717, 1.165) is 45.7 Å². The molecule has 5 rings (SSSR count). The van der Waals surface area contributed by atoms with Crippen LogP contribution in [0.4, 0.5) is 5.69 Å². The van der Waals surface area contributed by atoms with Crippen molar-refractivity contribution >= 4 is 28.4 Å². The molecule has 2 amide bonds. The van der Waals surface area contributed by atoms with Crippen molar-refractivity contribution in [2.75, 3.05) is 19.0 Å². The summed E-state index contributed by atoms with van der Waals surface area (Å²) < 4.78 is 7.99. The van der Waals surface area contributed by atoms with Gasteiger partial charge in [0.05, 0.1) is 24.7 Å². The molecule has 6 heteroatoms. The summed E-state index contributed by atoms with van der Waals surface area (Å²) in [6, 6.07) is 14.0. The van der Waals surface area contributed by atoms with Crippen molar-refractivity contribution in [1.82, 2.24) is 9.47 Å². The van der Waals surface area contributed by atoms with Gasteiger partial charge < -0.3 is 14.6 Å². The van der Waals surface area contributed by atoms with Gasteiger partial charge in [0, 0.05) is 47.9 Å². The predicted octanol–water partition coefficient (Wildman–Crippen LogP) is 4.51. The predicted molar refractivity (Wildman–Crippen MR) is 125 cm³/mol. The highest BCUT2D eigenvalue weighted by Crippen LogP contribution is 2.48. The Morgan fingerprint density at radius 2 is 1.94 bits per heavy atom. The number of nitrogens with one attached hydrogen (secondary N) is 1.